The molecule has 0 aromatic heterocycles. The number of hydrogen-bond donors (Lipinski definition) is 6. The van der Waals surface area contributed by atoms with E-state index in [1.54, 1.807) is 30.3 Å². The van der Waals surface area contributed by atoms with Gasteiger partial charge in [-0.25, -0.2) is 0 Å². The Balaban J connectivity index is 2.36. The molecule has 0 aliphatic heterocycles. The molecular weight excluding hydrogens is 548 g/mol. The van der Waals surface area contributed by atoms with Crippen molar-refractivity contribution in [3.63, 3.8) is 0 Å². The number of hydrogen-bond acceptors (Lipinski definition) is 8. The van der Waals surface area contributed by atoms with Crippen LogP contribution in [0.4, 0.5) is 11.4 Å². The molecule has 0 saturated heterocycles. The minimum absolute atomic E-state index is 0.00555. The first-order valence-electron chi connectivity index (χ1n) is 13.1. The molecule has 0 radical (unpaired) electrons. The monoisotopic (exact) mass is 584 g/mol. The Morgan fingerprint density at radius 1 is 1.02 bits per heavy atom. The molecule has 9 N–H and O–H groups in total. The fourth-order valence-electron chi connectivity index (χ4n) is 3.98. The number of nitrogens with zero attached hydrogens (tertiary/aromatic N) is 3. The normalized spacial score (nSPS) is 12.7. The maximum atomic E-state index is 13.8. The summed E-state index contributed by atoms with van der Waals surface area (Å²) in [6.07, 6.45) is 0.00117. The molecule has 0 unspecified atom stereocenters. The lowest BCUT2D eigenvalue weighted by molar-refractivity contribution is -0.384. The number of nitrogens with two attached hydrogens (primary N) is 3. The third-order valence-corrected chi connectivity index (χ3v) is 6.17. The summed E-state index contributed by atoms with van der Waals surface area (Å²) in [5, 5.41) is 25.1. The highest BCUT2D eigenvalue weighted by atomic mass is 16.6. The third kappa shape index (κ3) is 10.8. The fourth-order valence-corrected chi connectivity index (χ4v) is 3.98. The van der Waals surface area contributed by atoms with E-state index in [9.17, 15) is 29.3 Å². The quantitative estimate of drug-likeness (QED) is 0.0529. The molecule has 0 heterocycles. The summed E-state index contributed by atoms with van der Waals surface area (Å²) in [6, 6.07) is 10.8. The highest BCUT2D eigenvalue weighted by molar-refractivity contribution is 5.98. The maximum Gasteiger partial charge on any atom is 0.303 e. The summed E-state index contributed by atoms with van der Waals surface area (Å²) in [7, 11) is 0. The van der Waals surface area contributed by atoms with E-state index in [0.29, 0.717) is 12.0 Å². The second kappa shape index (κ2) is 16.3. The number of rotatable bonds is 16. The topological polar surface area (TPSA) is 249 Å². The molecule has 0 saturated carbocycles. The van der Waals surface area contributed by atoms with E-state index in [1.165, 1.54) is 36.1 Å². The molecule has 15 nitrogen and oxygen atoms in total. The molecule has 15 heteroatoms. The van der Waals surface area contributed by atoms with Gasteiger partial charge in [-0.05, 0) is 43.9 Å². The SMILES string of the molecule is C[C@H](NC(=O)[C@@H](N)CCC(=O)O)C(=O)N(Cc1ccccc1)[C@@H](CCCN=C(N)N)C(=O)Nc1ccc([N+](=O)[O-])cc1. The standard InChI is InChI=1S/C27H36N8O7/c1-17(32-24(38)21(28)13-14-23(36)37)26(40)34(16-18-6-3-2-4-7-18)22(8-5-15-31-27(29)30)25(39)33-19-9-11-20(12-10-19)35(41)42/h2-4,6-7,9-12,17,21-22H,5,8,13-16,28H2,1H3,(H,32,38)(H,33,39)(H,36,37)(H4,29,30,31)/t17-,21-,22-/m0/s1. The average Bonchev–Trinajstić information content (AvgIpc) is 2.95. The lowest BCUT2D eigenvalue weighted by Crippen LogP contribution is -2.55. The van der Waals surface area contributed by atoms with Gasteiger partial charge in [-0.1, -0.05) is 30.3 Å². The van der Waals surface area contributed by atoms with Gasteiger partial charge in [0, 0.05) is 37.3 Å². The van der Waals surface area contributed by atoms with Crippen molar-refractivity contribution in [2.24, 2.45) is 22.2 Å². The van der Waals surface area contributed by atoms with Crippen LogP contribution >= 0.6 is 0 Å². The van der Waals surface area contributed by atoms with Crippen LogP contribution in [0.5, 0.6) is 0 Å². The number of benzene rings is 2. The number of aliphatic imine (C=N–C) groups is 1. The number of carbonyl (C=O) groups excluding carboxylic acids is 3. The first kappa shape index (κ1) is 33.2. The van der Waals surface area contributed by atoms with E-state index in [2.05, 4.69) is 15.6 Å². The lowest BCUT2D eigenvalue weighted by atomic mass is 10.0. The summed E-state index contributed by atoms with van der Waals surface area (Å²) in [5.74, 6) is -3.12. The number of nitro benzene ring substituents is 1. The Morgan fingerprint density at radius 2 is 1.67 bits per heavy atom. The smallest absolute Gasteiger partial charge is 0.303 e. The second-order valence-electron chi connectivity index (χ2n) is 9.48. The van der Waals surface area contributed by atoms with Crippen LogP contribution in [0.25, 0.3) is 0 Å². The molecule has 0 aliphatic carbocycles. The zero-order valence-corrected chi connectivity index (χ0v) is 23.1. The Hall–Kier alpha value is -5.05. The van der Waals surface area contributed by atoms with Crippen LogP contribution in [-0.2, 0) is 25.7 Å². The van der Waals surface area contributed by atoms with Gasteiger partial charge in [0.25, 0.3) is 5.69 Å². The molecule has 2 aromatic carbocycles. The van der Waals surface area contributed by atoms with Crippen LogP contribution in [-0.4, -0.2) is 69.3 Å². The van der Waals surface area contributed by atoms with Crippen LogP contribution < -0.4 is 27.8 Å². The minimum Gasteiger partial charge on any atom is -0.481 e. The Kier molecular flexibility index (Phi) is 12.8. The van der Waals surface area contributed by atoms with Gasteiger partial charge in [0.2, 0.25) is 17.7 Å². The highest BCUT2D eigenvalue weighted by Crippen LogP contribution is 2.20. The van der Waals surface area contributed by atoms with Gasteiger partial charge in [-0.15, -0.1) is 0 Å². The van der Waals surface area contributed by atoms with Gasteiger partial charge in [-0.3, -0.25) is 34.3 Å². The molecule has 0 bridgehead atoms. The Morgan fingerprint density at radius 3 is 2.24 bits per heavy atom. The summed E-state index contributed by atoms with van der Waals surface area (Å²) in [5.41, 5.74) is 17.5. The highest BCUT2D eigenvalue weighted by Gasteiger charge is 2.33. The van der Waals surface area contributed by atoms with E-state index >= 15 is 0 Å². The van der Waals surface area contributed by atoms with Gasteiger partial charge in [0.15, 0.2) is 5.96 Å². The van der Waals surface area contributed by atoms with Crippen LogP contribution in [0, 0.1) is 10.1 Å². The van der Waals surface area contributed by atoms with Gasteiger partial charge in [0.1, 0.15) is 12.1 Å². The lowest BCUT2D eigenvalue weighted by Gasteiger charge is -2.33. The number of carboxylic acids is 1. The summed E-state index contributed by atoms with van der Waals surface area (Å²) < 4.78 is 0. The van der Waals surface area contributed by atoms with E-state index in [4.69, 9.17) is 22.3 Å². The Labute approximate surface area is 242 Å². The first-order chi connectivity index (χ1) is 19.9. The first-order valence-corrected chi connectivity index (χ1v) is 13.1. The van der Waals surface area contributed by atoms with E-state index in [0.717, 1.165) is 0 Å². The van der Waals surface area contributed by atoms with Crippen molar-refractivity contribution in [3.8, 4) is 0 Å². The molecule has 3 amide bonds. The molecule has 0 spiro atoms. The van der Waals surface area contributed by atoms with Gasteiger partial charge in [0.05, 0.1) is 11.0 Å². The van der Waals surface area contributed by atoms with Crippen molar-refractivity contribution in [2.45, 2.75) is 57.3 Å². The number of anilines is 1. The number of non-ortho nitro benzene ring substituents is 1. The van der Waals surface area contributed by atoms with E-state index in [1.807, 2.05) is 0 Å². The number of nitro groups is 1. The molecule has 226 valence electrons. The van der Waals surface area contributed by atoms with Gasteiger partial charge >= 0.3 is 5.97 Å². The molecule has 2 aromatic rings. The summed E-state index contributed by atoms with van der Waals surface area (Å²) in [6.45, 7) is 1.63. The molecule has 3 atom stereocenters. The number of nitrogens with one attached hydrogen (secondary N) is 2. The number of carboxylic acid groups (broad SMARTS) is 1. The van der Waals surface area contributed by atoms with Crippen molar-refractivity contribution < 1.29 is 29.2 Å². The minimum atomic E-state index is -1.15. The summed E-state index contributed by atoms with van der Waals surface area (Å²) in [4.78, 5) is 66.5. The van der Waals surface area contributed by atoms with Crippen molar-refractivity contribution in [3.05, 3.63) is 70.3 Å². The largest absolute Gasteiger partial charge is 0.481 e. The third-order valence-electron chi connectivity index (χ3n) is 6.17. The number of amides is 3. The number of guanidine groups is 1. The number of aliphatic carboxylic acids is 1. The number of carbonyl (C=O) groups is 4. The molecule has 0 fully saturated rings. The van der Waals surface area contributed by atoms with Crippen LogP contribution in [0.2, 0.25) is 0 Å². The Bertz CT molecular complexity index is 1270. The van der Waals surface area contributed by atoms with E-state index in [-0.39, 0.29) is 49.7 Å². The van der Waals surface area contributed by atoms with Crippen molar-refractivity contribution in [1.82, 2.24) is 10.2 Å². The second-order valence-corrected chi connectivity index (χ2v) is 9.48. The van der Waals surface area contributed by atoms with Crippen molar-refractivity contribution in [1.29, 1.82) is 0 Å². The fraction of sp³-hybridized carbons (Fsp3) is 0.370. The molecule has 0 aliphatic rings. The van der Waals surface area contributed by atoms with Crippen molar-refractivity contribution >= 4 is 41.0 Å². The molecule has 42 heavy (non-hydrogen) atoms. The van der Waals surface area contributed by atoms with E-state index < -0.39 is 46.7 Å². The predicted molar refractivity (Wildman–Crippen MR) is 155 cm³/mol. The van der Waals surface area contributed by atoms with Crippen molar-refractivity contribution in [2.75, 3.05) is 11.9 Å². The molecular formula is C27H36N8O7. The zero-order valence-electron chi connectivity index (χ0n) is 23.1. The van der Waals surface area contributed by atoms with Gasteiger partial charge in [-0.2, -0.15) is 0 Å². The van der Waals surface area contributed by atoms with Gasteiger partial charge < -0.3 is 37.8 Å². The zero-order chi connectivity index (χ0) is 31.2. The summed E-state index contributed by atoms with van der Waals surface area (Å²) >= 11 is 0. The van der Waals surface area contributed by atoms with Crippen LogP contribution in [0.3, 0.4) is 0 Å². The predicted octanol–water partition coefficient (Wildman–Crippen LogP) is 0.681. The maximum absolute atomic E-state index is 13.8. The van der Waals surface area contributed by atoms with Crippen LogP contribution in [0.15, 0.2) is 59.6 Å². The average molecular weight is 585 g/mol. The molecule has 2 rings (SSSR count). The van der Waals surface area contributed by atoms with Crippen LogP contribution in [0.1, 0.15) is 38.2 Å².